The fourth-order valence-electron chi connectivity index (χ4n) is 3.44. The number of hydrogen-bond donors (Lipinski definition) is 1. The first-order valence-corrected chi connectivity index (χ1v) is 10.8. The second-order valence-corrected chi connectivity index (χ2v) is 7.59. The maximum absolute atomic E-state index is 12.9. The number of methoxy groups -OCH3 is 2. The molecule has 1 aliphatic heterocycles. The van der Waals surface area contributed by atoms with Crippen LogP contribution in [0.1, 0.15) is 22.0 Å². The summed E-state index contributed by atoms with van der Waals surface area (Å²) in [5.74, 6) is 1.26. The molecule has 0 aromatic heterocycles. The molecule has 3 rings (SSSR count). The quantitative estimate of drug-likeness (QED) is 0.667. The Labute approximate surface area is 176 Å². The van der Waals surface area contributed by atoms with Gasteiger partial charge in [-0.05, 0) is 42.2 Å². The molecule has 2 aromatic rings. The van der Waals surface area contributed by atoms with Crippen LogP contribution in [0.25, 0.3) is 0 Å². The molecule has 1 heterocycles. The Bertz CT molecular complexity index is 807. The molecule has 156 valence electrons. The van der Waals surface area contributed by atoms with Gasteiger partial charge in [-0.2, -0.15) is 0 Å². The van der Waals surface area contributed by atoms with Crippen molar-refractivity contribution >= 4 is 17.7 Å². The molecule has 1 amide bonds. The first-order chi connectivity index (χ1) is 14.2. The summed E-state index contributed by atoms with van der Waals surface area (Å²) in [4.78, 5) is 16.3. The van der Waals surface area contributed by atoms with Gasteiger partial charge < -0.3 is 19.5 Å². The van der Waals surface area contributed by atoms with Crippen LogP contribution in [0.4, 0.5) is 0 Å². The van der Waals surface area contributed by atoms with Gasteiger partial charge in [0.2, 0.25) is 0 Å². The summed E-state index contributed by atoms with van der Waals surface area (Å²) < 4.78 is 16.2. The number of nitrogens with one attached hydrogen (secondary N) is 1. The molecule has 7 heteroatoms. The van der Waals surface area contributed by atoms with E-state index in [0.717, 1.165) is 29.3 Å². The van der Waals surface area contributed by atoms with Crippen LogP contribution in [-0.4, -0.2) is 64.1 Å². The Balaban J connectivity index is 1.76. The molecule has 0 radical (unpaired) electrons. The van der Waals surface area contributed by atoms with Crippen LogP contribution in [0.15, 0.2) is 47.4 Å². The SMILES string of the molecule is COc1ccc(C(CNC(=O)c2ccc(SC)cc2OC)N2CCOCC2)cc1. The Morgan fingerprint density at radius 2 is 1.86 bits per heavy atom. The number of hydrogen-bond acceptors (Lipinski definition) is 6. The molecule has 1 aliphatic rings. The van der Waals surface area contributed by atoms with Crippen molar-refractivity contribution in [1.29, 1.82) is 0 Å². The molecule has 1 saturated heterocycles. The molecule has 0 bridgehead atoms. The number of nitrogens with zero attached hydrogens (tertiary/aromatic N) is 1. The fraction of sp³-hybridized carbons (Fsp3) is 0.409. The highest BCUT2D eigenvalue weighted by atomic mass is 32.2. The lowest BCUT2D eigenvalue weighted by Crippen LogP contribution is -2.43. The number of morpholine rings is 1. The monoisotopic (exact) mass is 416 g/mol. The van der Waals surface area contributed by atoms with Crippen molar-refractivity contribution in [3.63, 3.8) is 0 Å². The van der Waals surface area contributed by atoms with Crippen molar-refractivity contribution in [2.45, 2.75) is 10.9 Å². The van der Waals surface area contributed by atoms with E-state index in [0.29, 0.717) is 31.1 Å². The summed E-state index contributed by atoms with van der Waals surface area (Å²) >= 11 is 1.62. The fourth-order valence-corrected chi connectivity index (χ4v) is 3.87. The predicted octanol–water partition coefficient (Wildman–Crippen LogP) is 3.23. The van der Waals surface area contributed by atoms with Crippen molar-refractivity contribution < 1.29 is 19.0 Å². The van der Waals surface area contributed by atoms with E-state index in [4.69, 9.17) is 14.2 Å². The second-order valence-electron chi connectivity index (χ2n) is 6.71. The lowest BCUT2D eigenvalue weighted by atomic mass is 10.0. The number of thioether (sulfide) groups is 1. The van der Waals surface area contributed by atoms with E-state index in [9.17, 15) is 4.79 Å². The minimum Gasteiger partial charge on any atom is -0.497 e. The number of carbonyl (C=O) groups is 1. The van der Waals surface area contributed by atoms with Crippen LogP contribution in [0, 0.1) is 0 Å². The van der Waals surface area contributed by atoms with E-state index in [-0.39, 0.29) is 11.9 Å². The molecule has 1 atom stereocenters. The summed E-state index contributed by atoms with van der Waals surface area (Å²) in [7, 11) is 3.24. The molecule has 0 saturated carbocycles. The highest BCUT2D eigenvalue weighted by molar-refractivity contribution is 7.98. The van der Waals surface area contributed by atoms with Gasteiger partial charge in [0.15, 0.2) is 0 Å². The third-order valence-corrected chi connectivity index (χ3v) is 5.82. The smallest absolute Gasteiger partial charge is 0.255 e. The highest BCUT2D eigenvalue weighted by Crippen LogP contribution is 2.27. The number of amides is 1. The summed E-state index contributed by atoms with van der Waals surface area (Å²) in [5.41, 5.74) is 1.68. The number of benzene rings is 2. The van der Waals surface area contributed by atoms with Crippen molar-refractivity contribution in [3.05, 3.63) is 53.6 Å². The van der Waals surface area contributed by atoms with Gasteiger partial charge in [0, 0.05) is 24.5 Å². The molecule has 1 N–H and O–H groups in total. The van der Waals surface area contributed by atoms with Crippen LogP contribution in [0.3, 0.4) is 0 Å². The largest absolute Gasteiger partial charge is 0.497 e. The molecular formula is C22H28N2O4S. The third kappa shape index (κ3) is 5.44. The van der Waals surface area contributed by atoms with Crippen LogP contribution in [0.2, 0.25) is 0 Å². The van der Waals surface area contributed by atoms with E-state index in [1.165, 1.54) is 0 Å². The van der Waals surface area contributed by atoms with Crippen LogP contribution >= 0.6 is 11.8 Å². The standard InChI is InChI=1S/C22H28N2O4S/c1-26-17-6-4-16(5-7-17)20(24-10-12-28-13-11-24)15-23-22(25)19-9-8-18(29-3)14-21(19)27-2/h4-9,14,20H,10-13,15H2,1-3H3,(H,23,25). The van der Waals surface area contributed by atoms with Gasteiger partial charge in [-0.3, -0.25) is 9.69 Å². The summed E-state index contributed by atoms with van der Waals surface area (Å²) in [6.45, 7) is 3.56. The van der Waals surface area contributed by atoms with Crippen molar-refractivity contribution in [3.8, 4) is 11.5 Å². The van der Waals surface area contributed by atoms with Crippen LogP contribution < -0.4 is 14.8 Å². The molecule has 0 aliphatic carbocycles. The normalized spacial score (nSPS) is 15.6. The maximum atomic E-state index is 12.9. The van der Waals surface area contributed by atoms with Gasteiger partial charge in [0.05, 0.1) is 39.0 Å². The predicted molar refractivity (Wildman–Crippen MR) is 115 cm³/mol. The lowest BCUT2D eigenvalue weighted by Gasteiger charge is -2.35. The zero-order valence-electron chi connectivity index (χ0n) is 17.1. The first-order valence-electron chi connectivity index (χ1n) is 9.62. The zero-order valence-corrected chi connectivity index (χ0v) is 18.0. The number of rotatable bonds is 8. The Morgan fingerprint density at radius 1 is 1.14 bits per heavy atom. The van der Waals surface area contributed by atoms with E-state index in [1.807, 2.05) is 36.6 Å². The van der Waals surface area contributed by atoms with Crippen molar-refractivity contribution in [1.82, 2.24) is 10.2 Å². The molecule has 2 aromatic carbocycles. The lowest BCUT2D eigenvalue weighted by molar-refractivity contribution is 0.0162. The van der Waals surface area contributed by atoms with Gasteiger partial charge in [-0.15, -0.1) is 11.8 Å². The number of ether oxygens (including phenoxy) is 3. The summed E-state index contributed by atoms with van der Waals surface area (Å²) in [6, 6.07) is 13.7. The van der Waals surface area contributed by atoms with Gasteiger partial charge in [0.1, 0.15) is 11.5 Å². The maximum Gasteiger partial charge on any atom is 0.255 e. The third-order valence-electron chi connectivity index (χ3n) is 5.10. The van der Waals surface area contributed by atoms with E-state index in [1.54, 1.807) is 26.0 Å². The molecule has 1 fully saturated rings. The highest BCUT2D eigenvalue weighted by Gasteiger charge is 2.24. The Kier molecular flexibility index (Phi) is 7.80. The van der Waals surface area contributed by atoms with Crippen molar-refractivity contribution in [2.24, 2.45) is 0 Å². The molecule has 6 nitrogen and oxygen atoms in total. The average Bonchev–Trinajstić information content (AvgIpc) is 2.79. The van der Waals surface area contributed by atoms with Crippen LogP contribution in [-0.2, 0) is 4.74 Å². The Morgan fingerprint density at radius 3 is 2.48 bits per heavy atom. The van der Waals surface area contributed by atoms with Gasteiger partial charge in [-0.1, -0.05) is 12.1 Å². The first kappa shape index (κ1) is 21.5. The second kappa shape index (κ2) is 10.5. The Hall–Kier alpha value is -2.22. The molecule has 1 unspecified atom stereocenters. The number of carbonyl (C=O) groups excluding carboxylic acids is 1. The summed E-state index contributed by atoms with van der Waals surface area (Å²) in [5, 5.41) is 3.10. The minimum atomic E-state index is -0.138. The van der Waals surface area contributed by atoms with Gasteiger partial charge >= 0.3 is 0 Å². The minimum absolute atomic E-state index is 0.0604. The van der Waals surface area contributed by atoms with E-state index < -0.39 is 0 Å². The molecule has 29 heavy (non-hydrogen) atoms. The summed E-state index contributed by atoms with van der Waals surface area (Å²) in [6.07, 6.45) is 2.00. The van der Waals surface area contributed by atoms with Gasteiger partial charge in [-0.25, -0.2) is 0 Å². The average molecular weight is 417 g/mol. The van der Waals surface area contributed by atoms with E-state index in [2.05, 4.69) is 22.3 Å². The topological polar surface area (TPSA) is 60.0 Å². The van der Waals surface area contributed by atoms with E-state index >= 15 is 0 Å². The molecule has 0 spiro atoms. The van der Waals surface area contributed by atoms with Crippen molar-refractivity contribution in [2.75, 3.05) is 53.3 Å². The van der Waals surface area contributed by atoms with Gasteiger partial charge in [0.25, 0.3) is 5.91 Å². The van der Waals surface area contributed by atoms with Crippen LogP contribution in [0.5, 0.6) is 11.5 Å². The zero-order chi connectivity index (χ0) is 20.6. The molecular weight excluding hydrogens is 388 g/mol.